The van der Waals surface area contributed by atoms with E-state index in [-0.39, 0.29) is 12.5 Å². The number of fused-ring (bicyclic) bond motifs is 1. The standard InChI is InChI=1S/C24H21Cl2N3O2S/c1-15-19(26)11-12-20-21(15)28-23(32-20)29(14-17-6-4-5-13-27-17)22(30)24(2,3)31-18-9-7-16(25)8-10-18/h4-13H,14H2,1-3H3. The number of hydrogen-bond acceptors (Lipinski definition) is 5. The van der Waals surface area contributed by atoms with Gasteiger partial charge in [-0.25, -0.2) is 4.98 Å². The highest BCUT2D eigenvalue weighted by Crippen LogP contribution is 2.35. The molecule has 2 aromatic carbocycles. The van der Waals surface area contributed by atoms with E-state index in [2.05, 4.69) is 4.98 Å². The van der Waals surface area contributed by atoms with Gasteiger partial charge >= 0.3 is 0 Å². The molecule has 0 unspecified atom stereocenters. The summed E-state index contributed by atoms with van der Waals surface area (Å²) in [5.74, 6) is 0.318. The van der Waals surface area contributed by atoms with Crippen LogP contribution in [-0.4, -0.2) is 21.5 Å². The van der Waals surface area contributed by atoms with Gasteiger partial charge in [-0.15, -0.1) is 0 Å². The topological polar surface area (TPSA) is 55.3 Å². The fourth-order valence-electron chi connectivity index (χ4n) is 3.25. The van der Waals surface area contributed by atoms with Crippen molar-refractivity contribution in [1.29, 1.82) is 0 Å². The molecule has 0 fully saturated rings. The molecule has 0 aliphatic rings. The van der Waals surface area contributed by atoms with Crippen molar-refractivity contribution in [2.75, 3.05) is 4.90 Å². The number of aromatic nitrogens is 2. The minimum atomic E-state index is -1.16. The molecule has 2 aromatic heterocycles. The number of ether oxygens (including phenoxy) is 1. The van der Waals surface area contributed by atoms with E-state index in [1.54, 1.807) is 49.2 Å². The number of hydrogen-bond donors (Lipinski definition) is 0. The van der Waals surface area contributed by atoms with Crippen molar-refractivity contribution in [2.45, 2.75) is 32.9 Å². The first kappa shape index (κ1) is 22.5. The van der Waals surface area contributed by atoms with Gasteiger partial charge in [0.1, 0.15) is 5.75 Å². The Morgan fingerprint density at radius 1 is 1.09 bits per heavy atom. The molecule has 0 N–H and O–H groups in total. The van der Waals surface area contributed by atoms with Crippen LogP contribution in [0, 0.1) is 6.92 Å². The van der Waals surface area contributed by atoms with E-state index in [0.717, 1.165) is 21.5 Å². The van der Waals surface area contributed by atoms with Gasteiger partial charge < -0.3 is 4.74 Å². The quantitative estimate of drug-likeness (QED) is 0.305. The Hall–Kier alpha value is -2.67. The van der Waals surface area contributed by atoms with Gasteiger partial charge in [0.2, 0.25) is 0 Å². The van der Waals surface area contributed by atoms with Crippen molar-refractivity contribution < 1.29 is 9.53 Å². The molecule has 0 bridgehead atoms. The Balaban J connectivity index is 1.72. The predicted molar refractivity (Wildman–Crippen MR) is 131 cm³/mol. The van der Waals surface area contributed by atoms with Gasteiger partial charge in [0.15, 0.2) is 10.7 Å². The molecule has 0 saturated carbocycles. The van der Waals surface area contributed by atoms with E-state index in [1.807, 2.05) is 37.3 Å². The Labute approximate surface area is 200 Å². The van der Waals surface area contributed by atoms with E-state index in [9.17, 15) is 4.79 Å². The van der Waals surface area contributed by atoms with Gasteiger partial charge in [0, 0.05) is 16.2 Å². The smallest absolute Gasteiger partial charge is 0.272 e. The number of carbonyl (C=O) groups is 1. The number of nitrogens with zero attached hydrogens (tertiary/aromatic N) is 3. The number of benzene rings is 2. The Bertz CT molecular complexity index is 1260. The number of halogens is 2. The number of rotatable bonds is 6. The average molecular weight is 486 g/mol. The molecule has 2 heterocycles. The van der Waals surface area contributed by atoms with Gasteiger partial charge in [-0.2, -0.15) is 0 Å². The third kappa shape index (κ3) is 4.72. The minimum Gasteiger partial charge on any atom is -0.478 e. The summed E-state index contributed by atoms with van der Waals surface area (Å²) < 4.78 is 7.02. The second-order valence-electron chi connectivity index (χ2n) is 7.79. The molecule has 164 valence electrons. The number of thiazole rings is 1. The zero-order valence-corrected chi connectivity index (χ0v) is 20.1. The van der Waals surface area contributed by atoms with Gasteiger partial charge in [-0.1, -0.05) is 40.6 Å². The highest BCUT2D eigenvalue weighted by Gasteiger charge is 2.36. The van der Waals surface area contributed by atoms with Crippen LogP contribution in [0.5, 0.6) is 5.75 Å². The summed E-state index contributed by atoms with van der Waals surface area (Å²) in [5, 5.41) is 1.80. The van der Waals surface area contributed by atoms with E-state index in [4.69, 9.17) is 32.9 Å². The first-order valence-corrected chi connectivity index (χ1v) is 11.5. The summed E-state index contributed by atoms with van der Waals surface area (Å²) in [7, 11) is 0. The Morgan fingerprint density at radius 3 is 2.53 bits per heavy atom. The zero-order valence-electron chi connectivity index (χ0n) is 17.8. The van der Waals surface area contributed by atoms with Crippen LogP contribution in [0.25, 0.3) is 10.2 Å². The van der Waals surface area contributed by atoms with Crippen molar-refractivity contribution in [3.8, 4) is 5.75 Å². The number of aryl methyl sites for hydroxylation is 1. The summed E-state index contributed by atoms with van der Waals surface area (Å²) in [6.07, 6.45) is 1.70. The van der Waals surface area contributed by atoms with Crippen LogP contribution in [0.1, 0.15) is 25.1 Å². The molecule has 1 amide bonds. The molecular formula is C24H21Cl2N3O2S. The fraction of sp³-hybridized carbons (Fsp3) is 0.208. The number of anilines is 1. The van der Waals surface area contributed by atoms with Crippen molar-refractivity contribution in [3.05, 3.63) is 82.1 Å². The molecule has 0 saturated heterocycles. The zero-order chi connectivity index (χ0) is 22.9. The van der Waals surface area contributed by atoms with Crippen LogP contribution in [0.2, 0.25) is 10.0 Å². The van der Waals surface area contributed by atoms with Gasteiger partial charge in [0.05, 0.1) is 22.5 Å². The molecule has 0 spiro atoms. The Morgan fingerprint density at radius 2 is 1.84 bits per heavy atom. The maximum Gasteiger partial charge on any atom is 0.272 e. The van der Waals surface area contributed by atoms with Gasteiger partial charge in [-0.05, 0) is 74.9 Å². The van der Waals surface area contributed by atoms with Crippen molar-refractivity contribution in [3.63, 3.8) is 0 Å². The highest BCUT2D eigenvalue weighted by atomic mass is 35.5. The van der Waals surface area contributed by atoms with E-state index in [0.29, 0.717) is 20.9 Å². The van der Waals surface area contributed by atoms with E-state index >= 15 is 0 Å². The molecule has 0 aliphatic heterocycles. The predicted octanol–water partition coefficient (Wildman–Crippen LogP) is 6.70. The van der Waals surface area contributed by atoms with Crippen molar-refractivity contribution in [1.82, 2.24) is 9.97 Å². The molecule has 32 heavy (non-hydrogen) atoms. The van der Waals surface area contributed by atoms with Crippen LogP contribution >= 0.6 is 34.5 Å². The molecular weight excluding hydrogens is 465 g/mol. The minimum absolute atomic E-state index is 0.235. The van der Waals surface area contributed by atoms with E-state index < -0.39 is 5.60 Å². The van der Waals surface area contributed by atoms with Crippen LogP contribution in [0.15, 0.2) is 60.8 Å². The maximum atomic E-state index is 13.8. The average Bonchev–Trinajstić information content (AvgIpc) is 3.21. The first-order chi connectivity index (χ1) is 15.2. The third-order valence-electron chi connectivity index (χ3n) is 4.96. The first-order valence-electron chi connectivity index (χ1n) is 9.97. The summed E-state index contributed by atoms with van der Waals surface area (Å²) >= 11 is 13.7. The number of amides is 1. The number of pyridine rings is 1. The third-order valence-corrected chi connectivity index (χ3v) is 6.67. The molecule has 0 radical (unpaired) electrons. The van der Waals surface area contributed by atoms with Crippen LogP contribution in [0.4, 0.5) is 5.13 Å². The van der Waals surface area contributed by atoms with Crippen molar-refractivity contribution in [2.24, 2.45) is 0 Å². The second-order valence-corrected chi connectivity index (χ2v) is 9.65. The van der Waals surface area contributed by atoms with Crippen molar-refractivity contribution >= 4 is 55.8 Å². The van der Waals surface area contributed by atoms with Crippen LogP contribution < -0.4 is 9.64 Å². The summed E-state index contributed by atoms with van der Waals surface area (Å²) in [6.45, 7) is 5.67. The Kier molecular flexibility index (Phi) is 6.38. The normalized spacial score (nSPS) is 11.5. The van der Waals surface area contributed by atoms with Crippen LogP contribution in [-0.2, 0) is 11.3 Å². The van der Waals surface area contributed by atoms with Crippen LogP contribution in [0.3, 0.4) is 0 Å². The molecule has 0 aliphatic carbocycles. The second kappa shape index (κ2) is 9.06. The number of carbonyl (C=O) groups excluding carboxylic acids is 1. The fourth-order valence-corrected chi connectivity index (χ4v) is 4.55. The molecule has 0 atom stereocenters. The largest absolute Gasteiger partial charge is 0.478 e. The molecule has 8 heteroatoms. The van der Waals surface area contributed by atoms with Gasteiger partial charge in [0.25, 0.3) is 5.91 Å². The van der Waals surface area contributed by atoms with Gasteiger partial charge in [-0.3, -0.25) is 14.7 Å². The highest BCUT2D eigenvalue weighted by molar-refractivity contribution is 7.22. The lowest BCUT2D eigenvalue weighted by atomic mass is 10.1. The lowest BCUT2D eigenvalue weighted by Gasteiger charge is -2.31. The molecule has 4 aromatic rings. The van der Waals surface area contributed by atoms with E-state index in [1.165, 1.54) is 11.3 Å². The summed E-state index contributed by atoms with van der Waals surface area (Å²) in [5.41, 5.74) is 1.26. The lowest BCUT2D eigenvalue weighted by molar-refractivity contribution is -0.131. The summed E-state index contributed by atoms with van der Waals surface area (Å²) in [6, 6.07) is 16.3. The molecule has 4 rings (SSSR count). The lowest BCUT2D eigenvalue weighted by Crippen LogP contribution is -2.49. The maximum absolute atomic E-state index is 13.8. The summed E-state index contributed by atoms with van der Waals surface area (Å²) in [4.78, 5) is 24.5. The monoisotopic (exact) mass is 485 g/mol. The SMILES string of the molecule is Cc1c(Cl)ccc2sc(N(Cc3ccccn3)C(=O)C(C)(C)Oc3ccc(Cl)cc3)nc12. The molecule has 5 nitrogen and oxygen atoms in total.